The molecule has 7 aromatic rings. The number of pyridine rings is 1. The molecule has 0 amide bonds. The van der Waals surface area contributed by atoms with Gasteiger partial charge in [-0.05, 0) is 99.5 Å². The van der Waals surface area contributed by atoms with Gasteiger partial charge in [0.1, 0.15) is 5.82 Å². The number of aromatic nitrogens is 2. The number of benzene rings is 5. The average Bonchev–Trinajstić information content (AvgIpc) is 3.73. The zero-order valence-electron chi connectivity index (χ0n) is 36.5. The third-order valence-corrected chi connectivity index (χ3v) is 11.8. The van der Waals surface area contributed by atoms with Crippen molar-refractivity contribution in [2.45, 2.75) is 111 Å². The van der Waals surface area contributed by atoms with E-state index in [9.17, 15) is 0 Å². The SMILES string of the molecule is CCC(CC)c1cccc(N2[CH-]N(c3[c-]c(Oc4[c-]c5c(cc4)c4ccccc4n5-c4cc(C(C)(C)C)ccn4)cc(C(C)(C)C)c3)c3ccc(C(C)(C)C)cc32)c1.[Pt]. The Kier molecular flexibility index (Phi) is 11.4. The molecule has 5 aromatic carbocycles. The molecule has 2 aromatic heterocycles. The molecule has 0 unspecified atom stereocenters. The van der Waals surface area contributed by atoms with Crippen LogP contribution in [0, 0.1) is 18.8 Å². The summed E-state index contributed by atoms with van der Waals surface area (Å²) in [6.45, 7) is 27.1. The summed E-state index contributed by atoms with van der Waals surface area (Å²) in [5.74, 6) is 2.66. The van der Waals surface area contributed by atoms with Crippen molar-refractivity contribution in [3.63, 3.8) is 0 Å². The van der Waals surface area contributed by atoms with Crippen LogP contribution in [0.1, 0.15) is 117 Å². The number of nitrogens with zero attached hydrogens (tertiary/aromatic N) is 4. The molecule has 308 valence electrons. The van der Waals surface area contributed by atoms with Gasteiger partial charge in [-0.25, -0.2) is 4.98 Å². The Bertz CT molecular complexity index is 2630. The Morgan fingerprint density at radius 3 is 2.05 bits per heavy atom. The number of hydrogen-bond donors (Lipinski definition) is 0. The quantitative estimate of drug-likeness (QED) is 0.142. The van der Waals surface area contributed by atoms with Crippen molar-refractivity contribution < 1.29 is 25.8 Å². The van der Waals surface area contributed by atoms with Crippen molar-refractivity contribution >= 4 is 44.6 Å². The van der Waals surface area contributed by atoms with Crippen LogP contribution in [0.3, 0.4) is 0 Å². The van der Waals surface area contributed by atoms with Gasteiger partial charge < -0.3 is 19.1 Å². The second-order valence-corrected chi connectivity index (χ2v) is 19.0. The smallest absolute Gasteiger partial charge is 0.135 e. The normalized spacial score (nSPS) is 13.4. The van der Waals surface area contributed by atoms with Gasteiger partial charge in [-0.2, -0.15) is 6.07 Å². The topological polar surface area (TPSA) is 33.5 Å². The average molecular weight is 961 g/mol. The zero-order chi connectivity index (χ0) is 41.1. The molecule has 59 heavy (non-hydrogen) atoms. The van der Waals surface area contributed by atoms with E-state index >= 15 is 0 Å². The molecule has 0 atom stereocenters. The summed E-state index contributed by atoms with van der Waals surface area (Å²) in [6.07, 6.45) is 4.14. The van der Waals surface area contributed by atoms with Crippen LogP contribution in [0.25, 0.3) is 27.6 Å². The molecule has 8 rings (SSSR count). The van der Waals surface area contributed by atoms with Gasteiger partial charge in [0.2, 0.25) is 0 Å². The fraction of sp³-hybridized carbons (Fsp3) is 0.321. The van der Waals surface area contributed by atoms with Gasteiger partial charge in [0.05, 0.1) is 0 Å². The van der Waals surface area contributed by atoms with E-state index in [1.807, 2.05) is 12.3 Å². The van der Waals surface area contributed by atoms with E-state index in [4.69, 9.17) is 9.72 Å². The first-order valence-electron chi connectivity index (χ1n) is 20.9. The first-order chi connectivity index (χ1) is 27.5. The van der Waals surface area contributed by atoms with Crippen molar-refractivity contribution in [1.29, 1.82) is 0 Å². The molecule has 0 bridgehead atoms. The molecule has 6 heteroatoms. The number of ether oxygens (including phenoxy) is 1. The predicted octanol–water partition coefficient (Wildman–Crippen LogP) is 14.8. The van der Waals surface area contributed by atoms with Crippen molar-refractivity contribution in [3.05, 3.63) is 150 Å². The molecule has 3 heterocycles. The summed E-state index contributed by atoms with van der Waals surface area (Å²) < 4.78 is 9.03. The first-order valence-corrected chi connectivity index (χ1v) is 20.9. The monoisotopic (exact) mass is 960 g/mol. The maximum absolute atomic E-state index is 6.82. The molecule has 0 saturated heterocycles. The maximum Gasteiger partial charge on any atom is 0.135 e. The maximum atomic E-state index is 6.82. The van der Waals surface area contributed by atoms with Gasteiger partial charge in [0, 0.05) is 61.3 Å². The second-order valence-electron chi connectivity index (χ2n) is 19.0. The number of rotatable bonds is 8. The van der Waals surface area contributed by atoms with E-state index in [0.717, 1.165) is 68.8 Å². The van der Waals surface area contributed by atoms with E-state index in [1.165, 1.54) is 16.7 Å². The van der Waals surface area contributed by atoms with Crippen LogP contribution in [0.5, 0.6) is 11.5 Å². The molecule has 1 aliphatic heterocycles. The summed E-state index contributed by atoms with van der Waals surface area (Å²) in [4.78, 5) is 9.49. The minimum Gasteiger partial charge on any atom is -0.509 e. The van der Waals surface area contributed by atoms with Crippen LogP contribution in [0.2, 0.25) is 0 Å². The molecule has 1 aliphatic rings. The van der Waals surface area contributed by atoms with Crippen molar-refractivity contribution in [1.82, 2.24) is 9.55 Å². The minimum atomic E-state index is -0.145. The zero-order valence-corrected chi connectivity index (χ0v) is 38.7. The van der Waals surface area contributed by atoms with Gasteiger partial charge >= 0.3 is 0 Å². The molecule has 0 saturated carbocycles. The van der Waals surface area contributed by atoms with E-state index in [-0.39, 0.29) is 37.3 Å². The molecule has 0 N–H and O–H groups in total. The van der Waals surface area contributed by atoms with Crippen LogP contribution >= 0.6 is 0 Å². The van der Waals surface area contributed by atoms with Crippen LogP contribution in [-0.4, -0.2) is 9.55 Å². The van der Waals surface area contributed by atoms with Gasteiger partial charge in [-0.1, -0.05) is 118 Å². The Morgan fingerprint density at radius 1 is 0.627 bits per heavy atom. The fourth-order valence-electron chi connectivity index (χ4n) is 8.16. The summed E-state index contributed by atoms with van der Waals surface area (Å²) in [5, 5.41) is 2.25. The van der Waals surface area contributed by atoms with E-state index in [1.54, 1.807) is 0 Å². The van der Waals surface area contributed by atoms with Crippen molar-refractivity contribution in [2.24, 2.45) is 0 Å². The van der Waals surface area contributed by atoms with E-state index in [2.05, 4.69) is 206 Å². The number of anilines is 4. The number of para-hydroxylation sites is 1. The second kappa shape index (κ2) is 16.0. The third-order valence-electron chi connectivity index (χ3n) is 11.8. The van der Waals surface area contributed by atoms with Crippen molar-refractivity contribution in [2.75, 3.05) is 9.80 Å². The largest absolute Gasteiger partial charge is 0.509 e. The van der Waals surface area contributed by atoms with Gasteiger partial charge in [0.25, 0.3) is 0 Å². The Morgan fingerprint density at radius 2 is 1.34 bits per heavy atom. The predicted molar refractivity (Wildman–Crippen MR) is 244 cm³/mol. The standard InChI is InChI=1S/C53H57N4O.Pt/c1-12-35(13-2)36-17-16-18-40(27-36)55-34-56(47-24-21-37(30-49(47)55)51(3,4)5)41-28-39(53(9,10)11)29-43(32-41)58-42-22-23-45-44-19-14-15-20-46(44)57(48(45)33-42)50-31-38(25-26-54-50)52(6,7)8;/h14-31,34-35H,12-13H2,1-11H3;/q-3;. The summed E-state index contributed by atoms with van der Waals surface area (Å²) in [6, 6.07) is 44.7. The van der Waals surface area contributed by atoms with Gasteiger partial charge in [-0.3, -0.25) is 0 Å². The molecule has 0 radical (unpaired) electrons. The molecule has 0 fully saturated rings. The number of hydrogen-bond acceptors (Lipinski definition) is 4. The van der Waals surface area contributed by atoms with Crippen LogP contribution in [0.15, 0.2) is 109 Å². The third kappa shape index (κ3) is 8.21. The summed E-state index contributed by atoms with van der Waals surface area (Å²) in [5.41, 5.74) is 11.2. The summed E-state index contributed by atoms with van der Waals surface area (Å²) in [7, 11) is 0. The van der Waals surface area contributed by atoms with Crippen LogP contribution in [-0.2, 0) is 37.3 Å². The molecular weight excluding hydrogens is 904 g/mol. The van der Waals surface area contributed by atoms with Gasteiger partial charge in [-0.15, -0.1) is 53.6 Å². The fourth-order valence-corrected chi connectivity index (χ4v) is 8.16. The Hall–Kier alpha value is -4.86. The first kappa shape index (κ1) is 42.3. The van der Waals surface area contributed by atoms with E-state index < -0.39 is 0 Å². The Labute approximate surface area is 366 Å². The molecule has 0 spiro atoms. The molecule has 5 nitrogen and oxygen atoms in total. The minimum absolute atomic E-state index is 0. The summed E-state index contributed by atoms with van der Waals surface area (Å²) >= 11 is 0. The van der Waals surface area contributed by atoms with E-state index in [0.29, 0.717) is 17.4 Å². The molecule has 0 aliphatic carbocycles. The number of fused-ring (bicyclic) bond motifs is 4. The Balaban J connectivity index is 0.00000528. The van der Waals surface area contributed by atoms with Crippen LogP contribution in [0.4, 0.5) is 22.7 Å². The van der Waals surface area contributed by atoms with Crippen LogP contribution < -0.4 is 14.5 Å². The van der Waals surface area contributed by atoms with Gasteiger partial charge in [0.15, 0.2) is 0 Å². The van der Waals surface area contributed by atoms with Crippen molar-refractivity contribution in [3.8, 4) is 17.3 Å². The molecular formula is C53H57N4OPt-3.